The lowest BCUT2D eigenvalue weighted by Crippen LogP contribution is -2.27. The largest absolute Gasteiger partial charge is 0.496 e. The zero-order chi connectivity index (χ0) is 70.7. The van der Waals surface area contributed by atoms with Crippen molar-refractivity contribution in [1.29, 1.82) is 0 Å². The molecule has 104 heavy (non-hydrogen) atoms. The maximum absolute atomic E-state index is 15.9. The van der Waals surface area contributed by atoms with Crippen LogP contribution in [0.15, 0.2) is 286 Å². The van der Waals surface area contributed by atoms with Gasteiger partial charge in [0, 0.05) is 44.5 Å². The van der Waals surface area contributed by atoms with Gasteiger partial charge in [-0.15, -0.1) is 0 Å². The monoisotopic (exact) mass is 1370 g/mol. The van der Waals surface area contributed by atoms with Crippen LogP contribution in [0.2, 0.25) is 0 Å². The Morgan fingerprint density at radius 2 is 0.327 bits per heavy atom. The van der Waals surface area contributed by atoms with Crippen LogP contribution in [0.5, 0.6) is 23.0 Å². The Kier molecular flexibility index (Phi) is 16.6. The van der Waals surface area contributed by atoms with Crippen molar-refractivity contribution in [3.8, 4) is 67.5 Å². The highest BCUT2D eigenvalue weighted by Crippen LogP contribution is 2.40. The number of imidazole rings is 4. The molecule has 17 rings (SSSR count). The van der Waals surface area contributed by atoms with E-state index in [2.05, 4.69) is 97.1 Å². The van der Waals surface area contributed by atoms with Gasteiger partial charge in [-0.05, 0) is 142 Å². The quantitative estimate of drug-likeness (QED) is 0.146. The van der Waals surface area contributed by atoms with Crippen molar-refractivity contribution in [3.63, 3.8) is 0 Å². The smallest absolute Gasteiger partial charge is 0.329 e. The number of hydrogen-bond acceptors (Lipinski definition) is 8. The van der Waals surface area contributed by atoms with Crippen LogP contribution in [0.25, 0.3) is 88.6 Å². The van der Waals surface area contributed by atoms with Gasteiger partial charge in [0.05, 0.1) is 125 Å². The van der Waals surface area contributed by atoms with Gasteiger partial charge in [-0.3, -0.25) is 36.5 Å². The molecule has 12 aromatic carbocycles. The highest BCUT2D eigenvalue weighted by atomic mass is 16.5. The second-order valence-corrected chi connectivity index (χ2v) is 26.5. The van der Waals surface area contributed by atoms with Gasteiger partial charge in [-0.1, -0.05) is 170 Å². The number of para-hydroxylation sites is 8. The Morgan fingerprint density at radius 1 is 0.192 bits per heavy atom. The summed E-state index contributed by atoms with van der Waals surface area (Å²) in [6.07, 6.45) is 0. The van der Waals surface area contributed by atoms with Gasteiger partial charge in [-0.25, -0.2) is 19.2 Å². The summed E-state index contributed by atoms with van der Waals surface area (Å²) < 4.78 is 40.4. The van der Waals surface area contributed by atoms with Gasteiger partial charge in [0.2, 0.25) is 0 Å². The third-order valence-electron chi connectivity index (χ3n) is 20.5. The molecule has 0 amide bonds. The zero-order valence-electron chi connectivity index (χ0n) is 57.9. The molecule has 4 aromatic heterocycles. The van der Waals surface area contributed by atoms with Gasteiger partial charge < -0.3 is 18.9 Å². The summed E-state index contributed by atoms with van der Waals surface area (Å²) in [6, 6.07) is 88.3. The molecule has 5 heterocycles. The fourth-order valence-corrected chi connectivity index (χ4v) is 15.9. The van der Waals surface area contributed by atoms with Crippen LogP contribution in [-0.4, -0.2) is 65.0 Å². The van der Waals surface area contributed by atoms with Gasteiger partial charge in [0.1, 0.15) is 23.0 Å². The molecule has 0 unspecified atom stereocenters. The normalized spacial score (nSPS) is 12.7. The molecule has 0 N–H and O–H groups in total. The van der Waals surface area contributed by atoms with E-state index >= 15 is 19.2 Å². The molecule has 16 heteroatoms. The van der Waals surface area contributed by atoms with Crippen molar-refractivity contribution in [2.45, 2.75) is 52.4 Å². The maximum Gasteiger partial charge on any atom is 0.329 e. The third-order valence-corrected chi connectivity index (χ3v) is 20.5. The molecular weight excluding hydrogens is 1300 g/mol. The number of ether oxygens (including phenoxy) is 4. The lowest BCUT2D eigenvalue weighted by Gasteiger charge is -2.18. The predicted molar refractivity (Wildman–Crippen MR) is 411 cm³/mol. The molecule has 0 fully saturated rings. The van der Waals surface area contributed by atoms with E-state index in [1.165, 1.54) is 0 Å². The summed E-state index contributed by atoms with van der Waals surface area (Å²) >= 11 is 0. The SMILES string of the molecule is COc1c2cc(-c3ccccc3)cc1Cn1c(=O)n(c3ccccc31)Cc1cc(-c3ccccc3)cc(c1OC)Cn1c(=O)n(c3ccccc31)Cc1cc(-c3ccccc3)cc(c1OC)Cn1c(=O)n(c3ccccc31)Cc1cc(-c3ccccc3)cc(c1OC)Cn1c(=O)n(c3ccccc31)C2. The molecule has 1 aliphatic rings. The molecule has 0 spiro atoms. The van der Waals surface area contributed by atoms with Crippen LogP contribution in [0, 0.1) is 0 Å². The Bertz CT molecular complexity index is 5240. The van der Waals surface area contributed by atoms with Crippen molar-refractivity contribution >= 4 is 44.1 Å². The minimum atomic E-state index is -0.263. The summed E-state index contributed by atoms with van der Waals surface area (Å²) in [5.41, 5.74) is 17.7. The lowest BCUT2D eigenvalue weighted by atomic mass is 9.98. The molecule has 0 aliphatic carbocycles. The van der Waals surface area contributed by atoms with Gasteiger partial charge in [-0.2, -0.15) is 0 Å². The second kappa shape index (κ2) is 26.8. The van der Waals surface area contributed by atoms with E-state index in [-0.39, 0.29) is 75.1 Å². The van der Waals surface area contributed by atoms with Crippen molar-refractivity contribution in [2.75, 3.05) is 28.4 Å². The summed E-state index contributed by atoms with van der Waals surface area (Å²) in [7, 11) is 6.55. The number of fused-ring (bicyclic) bond motifs is 28. The lowest BCUT2D eigenvalue weighted by molar-refractivity contribution is 0.400. The molecule has 16 nitrogen and oxygen atoms in total. The van der Waals surface area contributed by atoms with Crippen LogP contribution < -0.4 is 41.7 Å². The molecule has 512 valence electrons. The maximum atomic E-state index is 15.9. The summed E-state index contributed by atoms with van der Waals surface area (Å²) in [4.78, 5) is 63.4. The molecule has 0 radical (unpaired) electrons. The van der Waals surface area contributed by atoms with Crippen LogP contribution >= 0.6 is 0 Å². The van der Waals surface area contributed by atoms with E-state index in [1.54, 1.807) is 65.0 Å². The first-order chi connectivity index (χ1) is 51.0. The molecule has 0 atom stereocenters. The summed E-state index contributed by atoms with van der Waals surface area (Å²) in [5.74, 6) is 2.13. The van der Waals surface area contributed by atoms with Crippen LogP contribution in [0.4, 0.5) is 0 Å². The average Bonchev–Trinajstić information content (AvgIpc) is 1.63. The second-order valence-electron chi connectivity index (χ2n) is 26.5. The molecule has 0 saturated carbocycles. The van der Waals surface area contributed by atoms with Gasteiger partial charge in [0.15, 0.2) is 0 Å². The van der Waals surface area contributed by atoms with E-state index in [1.807, 2.05) is 170 Å². The first-order valence-electron chi connectivity index (χ1n) is 34.8. The van der Waals surface area contributed by atoms with Crippen molar-refractivity contribution in [2.24, 2.45) is 0 Å². The minimum absolute atomic E-state index is 0.107. The van der Waals surface area contributed by atoms with Crippen molar-refractivity contribution < 1.29 is 18.9 Å². The fraction of sp³-hybridized carbons (Fsp3) is 0.136. The summed E-state index contributed by atoms with van der Waals surface area (Å²) in [6.45, 7) is 0.853. The Morgan fingerprint density at radius 3 is 0.462 bits per heavy atom. The Balaban J connectivity index is 0.906. The zero-order valence-corrected chi connectivity index (χ0v) is 57.9. The van der Waals surface area contributed by atoms with Crippen molar-refractivity contribution in [1.82, 2.24) is 36.5 Å². The number of hydrogen-bond donors (Lipinski definition) is 0. The fourth-order valence-electron chi connectivity index (χ4n) is 15.9. The predicted octanol–water partition coefficient (Wildman–Crippen LogP) is 15.6. The van der Waals surface area contributed by atoms with E-state index in [4.69, 9.17) is 18.9 Å². The first kappa shape index (κ1) is 64.3. The van der Waals surface area contributed by atoms with Gasteiger partial charge >= 0.3 is 22.8 Å². The number of rotatable bonds is 8. The van der Waals surface area contributed by atoms with E-state index in [9.17, 15) is 0 Å². The average molecular weight is 1370 g/mol. The van der Waals surface area contributed by atoms with Gasteiger partial charge in [0.25, 0.3) is 0 Å². The highest BCUT2D eigenvalue weighted by molar-refractivity contribution is 5.81. The third kappa shape index (κ3) is 11.3. The van der Waals surface area contributed by atoms with E-state index < -0.39 is 0 Å². The molecule has 0 saturated heterocycles. The topological polar surface area (TPSA) is 145 Å². The van der Waals surface area contributed by atoms with Crippen LogP contribution in [-0.2, 0) is 52.4 Å². The number of methoxy groups -OCH3 is 4. The molecule has 1 aliphatic heterocycles. The number of benzene rings is 12. The minimum Gasteiger partial charge on any atom is -0.496 e. The Labute approximate surface area is 598 Å². The van der Waals surface area contributed by atoms with E-state index in [0.717, 1.165) is 89.0 Å². The first-order valence-corrected chi connectivity index (χ1v) is 34.8. The van der Waals surface area contributed by atoms with E-state index in [0.29, 0.717) is 67.1 Å². The molecular formula is C88H72N8O8. The number of aromatic nitrogens is 8. The Hall–Kier alpha value is -13.1. The van der Waals surface area contributed by atoms with Crippen LogP contribution in [0.1, 0.15) is 44.5 Å². The van der Waals surface area contributed by atoms with Crippen molar-refractivity contribution in [3.05, 3.63) is 353 Å². The summed E-state index contributed by atoms with van der Waals surface area (Å²) in [5, 5.41) is 0. The van der Waals surface area contributed by atoms with Crippen LogP contribution in [0.3, 0.4) is 0 Å². The number of nitrogens with zero attached hydrogens (tertiary/aromatic N) is 8. The molecule has 16 bridgehead atoms. The highest BCUT2D eigenvalue weighted by Gasteiger charge is 2.28. The molecule has 16 aromatic rings. The standard InChI is InChI=1S/C88H72N8O8/c1-101-81-65-41-61(57-25-9-5-10-26-57)42-66(81)50-90-74-34-18-20-36-76(74)92(86(90)98)52-68-44-63(59-29-13-7-14-30-59)46-70(83(68)103-3)54-94-78-38-22-24-40-80(78)96(88(94)100)56-72-48-64(60-31-15-8-16-32-60)47-71(84(72)104-4)55-95-79-39-23-21-37-77(79)93(87(95)99)53-69-45-62(58-27-11-6-12-28-58)43-67(82(69)102-2)51-91-75-35-19-17-33-73(75)89(49-65)85(91)97/h5-48H,49-56H2,1-4H3.